The molecule has 0 heterocycles. The van der Waals surface area contributed by atoms with Gasteiger partial charge in [0.2, 0.25) is 0 Å². The summed E-state index contributed by atoms with van der Waals surface area (Å²) in [5.41, 5.74) is 2.12. The minimum Gasteiger partial charge on any atom is -0.490 e. The van der Waals surface area contributed by atoms with E-state index in [4.69, 9.17) is 26.2 Å². The minimum absolute atomic E-state index is 0.272. The third kappa shape index (κ3) is 6.25. The topological polar surface area (TPSA) is 84.9 Å². The third-order valence-corrected chi connectivity index (χ3v) is 4.52. The number of nitrogens with one attached hydrogen (secondary N) is 1. The van der Waals surface area contributed by atoms with Crippen molar-refractivity contribution in [2.75, 3.05) is 26.9 Å². The number of hydrogen-bond acceptors (Lipinski definition) is 4. The molecule has 6 nitrogen and oxygen atoms in total. The SMILES string of the molecule is COCCOc1ccc(Cl)cc1C(=O)NCCc1ccc(C(C)C(=O)O)cc1. The number of aliphatic carboxylic acids is 1. The summed E-state index contributed by atoms with van der Waals surface area (Å²) in [6.07, 6.45) is 0.619. The number of carboxylic acids is 1. The van der Waals surface area contributed by atoms with E-state index in [1.807, 2.05) is 12.1 Å². The number of benzene rings is 2. The van der Waals surface area contributed by atoms with E-state index in [0.717, 1.165) is 11.1 Å². The number of amides is 1. The summed E-state index contributed by atoms with van der Waals surface area (Å²) in [5.74, 6) is -1.23. The highest BCUT2D eigenvalue weighted by molar-refractivity contribution is 6.31. The Labute approximate surface area is 169 Å². The molecule has 0 saturated carbocycles. The molecule has 0 aliphatic heterocycles. The molecule has 0 fully saturated rings. The minimum atomic E-state index is -0.856. The van der Waals surface area contributed by atoms with Crippen LogP contribution in [0.4, 0.5) is 0 Å². The van der Waals surface area contributed by atoms with Crippen molar-refractivity contribution in [2.45, 2.75) is 19.3 Å². The van der Waals surface area contributed by atoms with Gasteiger partial charge in [-0.1, -0.05) is 35.9 Å². The van der Waals surface area contributed by atoms with E-state index in [1.165, 1.54) is 0 Å². The standard InChI is InChI=1S/C21H24ClNO5/c1-14(21(25)26)16-5-3-15(4-6-16)9-10-23-20(24)18-13-17(22)7-8-19(18)28-12-11-27-2/h3-8,13-14H,9-12H2,1-2H3,(H,23,24)(H,25,26). The third-order valence-electron chi connectivity index (χ3n) is 4.28. The predicted molar refractivity (Wildman–Crippen MR) is 107 cm³/mol. The first-order valence-electron chi connectivity index (χ1n) is 8.93. The van der Waals surface area contributed by atoms with E-state index in [-0.39, 0.29) is 5.91 Å². The van der Waals surface area contributed by atoms with Crippen LogP contribution in [0.5, 0.6) is 5.75 Å². The first kappa shape index (κ1) is 21.7. The van der Waals surface area contributed by atoms with Gasteiger partial charge in [0.1, 0.15) is 12.4 Å². The van der Waals surface area contributed by atoms with Crippen molar-refractivity contribution in [1.29, 1.82) is 0 Å². The van der Waals surface area contributed by atoms with Gasteiger partial charge < -0.3 is 19.9 Å². The molecule has 2 aromatic carbocycles. The van der Waals surface area contributed by atoms with Crippen molar-refractivity contribution in [3.63, 3.8) is 0 Å². The van der Waals surface area contributed by atoms with Gasteiger partial charge in [-0.3, -0.25) is 9.59 Å². The van der Waals surface area contributed by atoms with Gasteiger partial charge in [0.15, 0.2) is 0 Å². The zero-order valence-corrected chi connectivity index (χ0v) is 16.7. The monoisotopic (exact) mass is 405 g/mol. The van der Waals surface area contributed by atoms with E-state index in [9.17, 15) is 9.59 Å². The fourth-order valence-electron chi connectivity index (χ4n) is 2.57. The molecule has 2 N–H and O–H groups in total. The van der Waals surface area contributed by atoms with Crippen molar-refractivity contribution in [2.24, 2.45) is 0 Å². The first-order valence-corrected chi connectivity index (χ1v) is 9.31. The highest BCUT2D eigenvalue weighted by Crippen LogP contribution is 2.23. The molecule has 7 heteroatoms. The van der Waals surface area contributed by atoms with E-state index < -0.39 is 11.9 Å². The van der Waals surface area contributed by atoms with Crippen LogP contribution in [0.2, 0.25) is 5.02 Å². The van der Waals surface area contributed by atoms with Gasteiger partial charge >= 0.3 is 5.97 Å². The van der Waals surface area contributed by atoms with Crippen LogP contribution in [0.1, 0.15) is 34.3 Å². The van der Waals surface area contributed by atoms with Crippen molar-refractivity contribution in [3.05, 3.63) is 64.2 Å². The van der Waals surface area contributed by atoms with Gasteiger partial charge in [0.05, 0.1) is 18.1 Å². The summed E-state index contributed by atoms with van der Waals surface area (Å²) >= 11 is 6.01. The van der Waals surface area contributed by atoms with Crippen LogP contribution in [0.25, 0.3) is 0 Å². The van der Waals surface area contributed by atoms with Crippen molar-refractivity contribution in [3.8, 4) is 5.75 Å². The number of ether oxygens (including phenoxy) is 2. The predicted octanol–water partition coefficient (Wildman–Crippen LogP) is 3.53. The highest BCUT2D eigenvalue weighted by Gasteiger charge is 2.14. The number of carboxylic acid groups (broad SMARTS) is 1. The summed E-state index contributed by atoms with van der Waals surface area (Å²) in [6.45, 7) is 2.82. The molecular weight excluding hydrogens is 382 g/mol. The Balaban J connectivity index is 1.93. The van der Waals surface area contributed by atoms with Gasteiger partial charge in [-0.25, -0.2) is 0 Å². The van der Waals surface area contributed by atoms with Gasteiger partial charge in [0, 0.05) is 18.7 Å². The van der Waals surface area contributed by atoms with Gasteiger partial charge in [0.25, 0.3) is 5.91 Å². The Morgan fingerprint density at radius 1 is 1.14 bits per heavy atom. The Morgan fingerprint density at radius 2 is 1.86 bits per heavy atom. The largest absolute Gasteiger partial charge is 0.490 e. The molecule has 150 valence electrons. The van der Waals surface area contributed by atoms with Crippen LogP contribution in [0.15, 0.2) is 42.5 Å². The number of carbonyl (C=O) groups is 2. The number of methoxy groups -OCH3 is 1. The summed E-state index contributed by atoms with van der Waals surface area (Å²) in [7, 11) is 1.58. The van der Waals surface area contributed by atoms with Gasteiger partial charge in [-0.05, 0) is 42.7 Å². The Kier molecular flexibility index (Phi) is 8.29. The molecule has 28 heavy (non-hydrogen) atoms. The van der Waals surface area contributed by atoms with Crippen molar-refractivity contribution < 1.29 is 24.2 Å². The molecule has 2 rings (SSSR count). The highest BCUT2D eigenvalue weighted by atomic mass is 35.5. The Bertz CT molecular complexity index is 807. The lowest BCUT2D eigenvalue weighted by Gasteiger charge is -2.12. The Hall–Kier alpha value is -2.57. The van der Waals surface area contributed by atoms with Crippen molar-refractivity contribution >= 4 is 23.5 Å². The van der Waals surface area contributed by atoms with Crippen LogP contribution >= 0.6 is 11.6 Å². The summed E-state index contributed by atoms with van der Waals surface area (Å²) in [6, 6.07) is 12.2. The van der Waals surface area contributed by atoms with Crippen LogP contribution in [0.3, 0.4) is 0 Å². The quantitative estimate of drug-likeness (QED) is 0.591. The molecule has 0 saturated heterocycles. The average molecular weight is 406 g/mol. The van der Waals surface area contributed by atoms with Crippen molar-refractivity contribution in [1.82, 2.24) is 5.32 Å². The van der Waals surface area contributed by atoms with Crippen LogP contribution in [0, 0.1) is 0 Å². The zero-order chi connectivity index (χ0) is 20.5. The molecule has 0 aromatic heterocycles. The lowest BCUT2D eigenvalue weighted by Crippen LogP contribution is -2.26. The smallest absolute Gasteiger partial charge is 0.310 e. The maximum absolute atomic E-state index is 12.5. The average Bonchev–Trinajstić information content (AvgIpc) is 2.69. The van der Waals surface area contributed by atoms with E-state index >= 15 is 0 Å². The maximum atomic E-state index is 12.5. The van der Waals surface area contributed by atoms with Gasteiger partial charge in [-0.15, -0.1) is 0 Å². The molecule has 1 amide bonds. The normalized spacial score (nSPS) is 11.7. The second kappa shape index (κ2) is 10.7. The molecular formula is C21H24ClNO5. The first-order chi connectivity index (χ1) is 13.4. The Morgan fingerprint density at radius 3 is 2.50 bits per heavy atom. The molecule has 0 aliphatic rings. The fourth-order valence-corrected chi connectivity index (χ4v) is 2.74. The van der Waals surface area contributed by atoms with Gasteiger partial charge in [-0.2, -0.15) is 0 Å². The molecule has 1 unspecified atom stereocenters. The number of carbonyl (C=O) groups excluding carboxylic acids is 1. The number of rotatable bonds is 10. The van der Waals surface area contributed by atoms with E-state index in [2.05, 4.69) is 5.32 Å². The second-order valence-electron chi connectivity index (χ2n) is 6.29. The van der Waals surface area contributed by atoms with Crippen LogP contribution < -0.4 is 10.1 Å². The summed E-state index contributed by atoms with van der Waals surface area (Å²) in [4.78, 5) is 23.5. The molecule has 0 bridgehead atoms. The summed E-state index contributed by atoms with van der Waals surface area (Å²) in [5, 5.41) is 12.4. The number of halogens is 1. The summed E-state index contributed by atoms with van der Waals surface area (Å²) < 4.78 is 10.5. The lowest BCUT2D eigenvalue weighted by atomic mass is 9.99. The molecule has 2 aromatic rings. The molecule has 0 radical (unpaired) electrons. The van der Waals surface area contributed by atoms with E-state index in [0.29, 0.717) is 42.5 Å². The second-order valence-corrected chi connectivity index (χ2v) is 6.73. The molecule has 0 spiro atoms. The van der Waals surface area contributed by atoms with E-state index in [1.54, 1.807) is 44.4 Å². The van der Waals surface area contributed by atoms with Crippen LogP contribution in [-0.2, 0) is 16.0 Å². The maximum Gasteiger partial charge on any atom is 0.310 e. The fraction of sp³-hybridized carbons (Fsp3) is 0.333. The van der Waals surface area contributed by atoms with Crippen LogP contribution in [-0.4, -0.2) is 43.9 Å². The molecule has 0 aliphatic carbocycles. The lowest BCUT2D eigenvalue weighted by molar-refractivity contribution is -0.138. The zero-order valence-electron chi connectivity index (χ0n) is 15.9. The molecule has 1 atom stereocenters. The number of hydrogen-bond donors (Lipinski definition) is 2.